The standard InChI is InChI=1S/C19H22ClNO3/c1-14(24-18-11-9-17(23-2)10-12-18)19(22)21-13-3-4-15-5-7-16(20)8-6-15/h5-12,14H,3-4,13H2,1-2H3,(H,21,22)/t14-/m1/s1. The van der Waals surface area contributed by atoms with Crippen molar-refractivity contribution in [1.82, 2.24) is 5.32 Å². The van der Waals surface area contributed by atoms with Gasteiger partial charge in [-0.05, 0) is 61.7 Å². The first-order chi connectivity index (χ1) is 11.6. The Bertz CT molecular complexity index is 641. The van der Waals surface area contributed by atoms with Crippen LogP contribution in [0.5, 0.6) is 11.5 Å². The highest BCUT2D eigenvalue weighted by Gasteiger charge is 2.13. The highest BCUT2D eigenvalue weighted by atomic mass is 35.5. The number of aryl methyl sites for hydroxylation is 1. The van der Waals surface area contributed by atoms with Gasteiger partial charge in [0.15, 0.2) is 6.10 Å². The first-order valence-corrected chi connectivity index (χ1v) is 8.29. The highest BCUT2D eigenvalue weighted by Crippen LogP contribution is 2.18. The second kappa shape index (κ2) is 9.18. The lowest BCUT2D eigenvalue weighted by molar-refractivity contribution is -0.127. The molecule has 0 bridgehead atoms. The molecule has 128 valence electrons. The molecule has 5 heteroatoms. The summed E-state index contributed by atoms with van der Waals surface area (Å²) in [6.07, 6.45) is 1.21. The number of amides is 1. The summed E-state index contributed by atoms with van der Waals surface area (Å²) in [5.41, 5.74) is 1.20. The molecule has 1 amide bonds. The van der Waals surface area contributed by atoms with Gasteiger partial charge in [0.1, 0.15) is 11.5 Å². The van der Waals surface area contributed by atoms with E-state index in [2.05, 4.69) is 5.32 Å². The summed E-state index contributed by atoms with van der Waals surface area (Å²) in [4.78, 5) is 12.0. The van der Waals surface area contributed by atoms with Gasteiger partial charge < -0.3 is 14.8 Å². The van der Waals surface area contributed by atoms with Crippen molar-refractivity contribution in [3.8, 4) is 11.5 Å². The van der Waals surface area contributed by atoms with Gasteiger partial charge in [-0.2, -0.15) is 0 Å². The number of hydrogen-bond donors (Lipinski definition) is 1. The van der Waals surface area contributed by atoms with E-state index in [0.29, 0.717) is 12.3 Å². The largest absolute Gasteiger partial charge is 0.497 e. The van der Waals surface area contributed by atoms with Crippen LogP contribution < -0.4 is 14.8 Å². The average Bonchev–Trinajstić information content (AvgIpc) is 2.60. The first kappa shape index (κ1) is 18.1. The minimum absolute atomic E-state index is 0.123. The topological polar surface area (TPSA) is 47.6 Å². The lowest BCUT2D eigenvalue weighted by atomic mass is 10.1. The SMILES string of the molecule is COc1ccc(O[C@H](C)C(=O)NCCCc2ccc(Cl)cc2)cc1. The zero-order valence-electron chi connectivity index (χ0n) is 13.9. The van der Waals surface area contributed by atoms with E-state index in [1.54, 1.807) is 38.3 Å². The van der Waals surface area contributed by atoms with Crippen molar-refractivity contribution in [2.45, 2.75) is 25.9 Å². The molecule has 2 rings (SSSR count). The Labute approximate surface area is 147 Å². The summed E-state index contributed by atoms with van der Waals surface area (Å²) in [6.45, 7) is 2.34. The van der Waals surface area contributed by atoms with Gasteiger partial charge in [-0.3, -0.25) is 4.79 Å². The van der Waals surface area contributed by atoms with Crippen LogP contribution in [-0.4, -0.2) is 25.7 Å². The molecule has 1 atom stereocenters. The molecule has 0 aliphatic carbocycles. The van der Waals surface area contributed by atoms with Crippen molar-refractivity contribution in [1.29, 1.82) is 0 Å². The Morgan fingerprint density at radius 1 is 1.08 bits per heavy atom. The molecule has 0 radical (unpaired) electrons. The van der Waals surface area contributed by atoms with Gasteiger partial charge in [0.2, 0.25) is 0 Å². The van der Waals surface area contributed by atoms with E-state index in [9.17, 15) is 4.79 Å². The van der Waals surface area contributed by atoms with E-state index in [1.807, 2.05) is 24.3 Å². The third-order valence-corrected chi connectivity index (χ3v) is 3.85. The van der Waals surface area contributed by atoms with Gasteiger partial charge in [0.05, 0.1) is 7.11 Å². The molecule has 0 unspecified atom stereocenters. The third-order valence-electron chi connectivity index (χ3n) is 3.60. The lowest BCUT2D eigenvalue weighted by Gasteiger charge is -2.15. The monoisotopic (exact) mass is 347 g/mol. The number of ether oxygens (including phenoxy) is 2. The average molecular weight is 348 g/mol. The smallest absolute Gasteiger partial charge is 0.260 e. The van der Waals surface area contributed by atoms with E-state index < -0.39 is 6.10 Å². The zero-order valence-corrected chi connectivity index (χ0v) is 14.7. The molecule has 24 heavy (non-hydrogen) atoms. The molecule has 2 aromatic carbocycles. The molecule has 0 saturated carbocycles. The molecule has 0 aromatic heterocycles. The van der Waals surface area contributed by atoms with Gasteiger partial charge in [-0.25, -0.2) is 0 Å². The van der Waals surface area contributed by atoms with Gasteiger partial charge in [-0.1, -0.05) is 23.7 Å². The van der Waals surface area contributed by atoms with Gasteiger partial charge in [0.25, 0.3) is 5.91 Å². The van der Waals surface area contributed by atoms with Crippen molar-refractivity contribution in [3.63, 3.8) is 0 Å². The minimum atomic E-state index is -0.547. The maximum atomic E-state index is 12.0. The highest BCUT2D eigenvalue weighted by molar-refractivity contribution is 6.30. The fraction of sp³-hybridized carbons (Fsp3) is 0.316. The Hall–Kier alpha value is -2.20. The van der Waals surface area contributed by atoms with E-state index in [-0.39, 0.29) is 5.91 Å². The maximum Gasteiger partial charge on any atom is 0.260 e. The maximum absolute atomic E-state index is 12.0. The van der Waals surface area contributed by atoms with Crippen LogP contribution in [0, 0.1) is 0 Å². The van der Waals surface area contributed by atoms with Crippen molar-refractivity contribution in [3.05, 3.63) is 59.1 Å². The van der Waals surface area contributed by atoms with E-state index in [4.69, 9.17) is 21.1 Å². The molecular formula is C19H22ClNO3. The number of halogens is 1. The van der Waals surface area contributed by atoms with E-state index >= 15 is 0 Å². The quantitative estimate of drug-likeness (QED) is 0.737. The van der Waals surface area contributed by atoms with Gasteiger partial charge in [0, 0.05) is 11.6 Å². The Morgan fingerprint density at radius 3 is 2.33 bits per heavy atom. The molecule has 4 nitrogen and oxygen atoms in total. The van der Waals surface area contributed by atoms with Gasteiger partial charge in [-0.15, -0.1) is 0 Å². The van der Waals surface area contributed by atoms with Crippen LogP contribution in [0.2, 0.25) is 5.02 Å². The Kier molecular flexibility index (Phi) is 6.94. The number of benzene rings is 2. The summed E-state index contributed by atoms with van der Waals surface area (Å²) < 4.78 is 10.7. The first-order valence-electron chi connectivity index (χ1n) is 7.91. The number of methoxy groups -OCH3 is 1. The number of carbonyl (C=O) groups excluding carboxylic acids is 1. The molecule has 1 N–H and O–H groups in total. The summed E-state index contributed by atoms with van der Waals surface area (Å²) >= 11 is 5.85. The summed E-state index contributed by atoms with van der Waals surface area (Å²) in [5.74, 6) is 1.27. The van der Waals surface area contributed by atoms with Crippen LogP contribution in [0.15, 0.2) is 48.5 Å². The summed E-state index contributed by atoms with van der Waals surface area (Å²) in [6, 6.07) is 14.9. The molecule has 0 aliphatic heterocycles. The van der Waals surface area contributed by atoms with Crippen LogP contribution in [0.3, 0.4) is 0 Å². The van der Waals surface area contributed by atoms with Crippen molar-refractivity contribution >= 4 is 17.5 Å². The van der Waals surface area contributed by atoms with Crippen molar-refractivity contribution in [2.75, 3.05) is 13.7 Å². The summed E-state index contributed by atoms with van der Waals surface area (Å²) in [7, 11) is 1.61. The zero-order chi connectivity index (χ0) is 17.4. The molecule has 0 fully saturated rings. The fourth-order valence-corrected chi connectivity index (χ4v) is 2.34. The molecule has 2 aromatic rings. The van der Waals surface area contributed by atoms with Gasteiger partial charge >= 0.3 is 0 Å². The predicted octanol–water partition coefficient (Wildman–Crippen LogP) is 3.86. The number of rotatable bonds is 8. The summed E-state index contributed by atoms with van der Waals surface area (Å²) in [5, 5.41) is 3.63. The van der Waals surface area contributed by atoms with Crippen LogP contribution in [-0.2, 0) is 11.2 Å². The van der Waals surface area contributed by atoms with Crippen molar-refractivity contribution < 1.29 is 14.3 Å². The Morgan fingerprint density at radius 2 is 1.71 bits per heavy atom. The number of hydrogen-bond acceptors (Lipinski definition) is 3. The van der Waals surface area contributed by atoms with Crippen LogP contribution in [0.4, 0.5) is 0 Å². The second-order valence-corrected chi connectivity index (χ2v) is 5.89. The Balaban J connectivity index is 1.70. The third kappa shape index (κ3) is 5.78. The lowest BCUT2D eigenvalue weighted by Crippen LogP contribution is -2.36. The molecule has 0 saturated heterocycles. The minimum Gasteiger partial charge on any atom is -0.497 e. The number of carbonyl (C=O) groups is 1. The van der Waals surface area contributed by atoms with E-state index in [0.717, 1.165) is 23.6 Å². The predicted molar refractivity (Wildman–Crippen MR) is 95.9 cm³/mol. The molecular weight excluding hydrogens is 326 g/mol. The van der Waals surface area contributed by atoms with Crippen LogP contribution >= 0.6 is 11.6 Å². The number of nitrogens with one attached hydrogen (secondary N) is 1. The van der Waals surface area contributed by atoms with Crippen LogP contribution in [0.1, 0.15) is 18.9 Å². The fourth-order valence-electron chi connectivity index (χ4n) is 2.21. The normalized spacial score (nSPS) is 11.6. The van der Waals surface area contributed by atoms with Crippen molar-refractivity contribution in [2.24, 2.45) is 0 Å². The second-order valence-electron chi connectivity index (χ2n) is 5.46. The molecule has 0 aliphatic rings. The molecule has 0 heterocycles. The van der Waals surface area contributed by atoms with Crippen LogP contribution in [0.25, 0.3) is 0 Å². The molecule has 0 spiro atoms. The van der Waals surface area contributed by atoms with E-state index in [1.165, 1.54) is 5.56 Å².